The first-order chi connectivity index (χ1) is 11.5. The summed E-state index contributed by atoms with van der Waals surface area (Å²) in [4.78, 5) is 2.59. The Morgan fingerprint density at radius 1 is 1.29 bits per heavy atom. The van der Waals surface area contributed by atoms with Crippen molar-refractivity contribution in [1.82, 2.24) is 14.7 Å². The maximum atomic E-state index is 11.6. The lowest BCUT2D eigenvalue weighted by atomic mass is 10.0. The standard InChI is InChI=1S/C16H19N3O3S2/c20-24(21)8-6-14(10-24)15-17-19(16(23)22-15)11-18-7-5-12-3-1-2-4-13(12)9-18/h1-4,14H,5-11H2/t14-/m0/s1. The van der Waals surface area contributed by atoms with Crippen molar-refractivity contribution in [2.45, 2.75) is 32.0 Å². The van der Waals surface area contributed by atoms with Gasteiger partial charge in [-0.2, -0.15) is 0 Å². The highest BCUT2D eigenvalue weighted by Crippen LogP contribution is 2.28. The van der Waals surface area contributed by atoms with E-state index in [0.29, 0.717) is 23.8 Å². The molecule has 4 rings (SSSR count). The van der Waals surface area contributed by atoms with E-state index in [1.807, 2.05) is 0 Å². The highest BCUT2D eigenvalue weighted by Gasteiger charge is 2.33. The fourth-order valence-corrected chi connectivity index (χ4v) is 5.35. The molecule has 2 aliphatic heterocycles. The molecular weight excluding hydrogens is 346 g/mol. The Balaban J connectivity index is 1.49. The second-order valence-electron chi connectivity index (χ2n) is 6.52. The number of fused-ring (bicyclic) bond motifs is 1. The summed E-state index contributed by atoms with van der Waals surface area (Å²) in [6.45, 7) is 2.37. The molecule has 2 aliphatic rings. The summed E-state index contributed by atoms with van der Waals surface area (Å²) in [6, 6.07) is 8.46. The highest BCUT2D eigenvalue weighted by molar-refractivity contribution is 7.91. The average Bonchev–Trinajstić information content (AvgIpc) is 3.10. The highest BCUT2D eigenvalue weighted by atomic mass is 32.2. The molecular formula is C16H19N3O3S2. The quantitative estimate of drug-likeness (QED) is 0.776. The van der Waals surface area contributed by atoms with Gasteiger partial charge in [0.2, 0.25) is 5.89 Å². The van der Waals surface area contributed by atoms with Gasteiger partial charge in [0.25, 0.3) is 4.84 Å². The van der Waals surface area contributed by atoms with Crippen LogP contribution in [-0.4, -0.2) is 41.1 Å². The third kappa shape index (κ3) is 3.18. The first kappa shape index (κ1) is 16.0. The Hall–Kier alpha value is -1.51. The minimum Gasteiger partial charge on any atom is -0.414 e. The van der Waals surface area contributed by atoms with E-state index in [1.54, 1.807) is 4.68 Å². The number of hydrogen-bond acceptors (Lipinski definition) is 6. The number of nitrogens with zero attached hydrogens (tertiary/aromatic N) is 3. The van der Waals surface area contributed by atoms with Crippen LogP contribution in [-0.2, 0) is 29.5 Å². The van der Waals surface area contributed by atoms with Crippen molar-refractivity contribution in [3.63, 3.8) is 0 Å². The topological polar surface area (TPSA) is 68.3 Å². The zero-order chi connectivity index (χ0) is 16.7. The number of sulfone groups is 1. The van der Waals surface area contributed by atoms with Gasteiger partial charge in [0.05, 0.1) is 24.1 Å². The van der Waals surface area contributed by atoms with E-state index in [9.17, 15) is 8.42 Å². The van der Waals surface area contributed by atoms with Gasteiger partial charge >= 0.3 is 0 Å². The Bertz CT molecular complexity index is 917. The molecule has 24 heavy (non-hydrogen) atoms. The molecule has 0 saturated carbocycles. The van der Waals surface area contributed by atoms with E-state index in [0.717, 1.165) is 19.5 Å². The van der Waals surface area contributed by atoms with Crippen molar-refractivity contribution >= 4 is 22.1 Å². The molecule has 0 aliphatic carbocycles. The SMILES string of the molecule is O=S1(=O)CC[C@H](c2nn(CN3CCc4ccccc4C3)c(=S)o2)C1. The Morgan fingerprint density at radius 2 is 2.08 bits per heavy atom. The van der Waals surface area contributed by atoms with Crippen LogP contribution in [0.5, 0.6) is 0 Å². The molecule has 2 aromatic rings. The lowest BCUT2D eigenvalue weighted by Gasteiger charge is -2.28. The third-order valence-electron chi connectivity index (χ3n) is 4.75. The van der Waals surface area contributed by atoms with Crippen LogP contribution in [0.1, 0.15) is 29.4 Å². The van der Waals surface area contributed by atoms with Gasteiger partial charge < -0.3 is 4.42 Å². The molecule has 1 saturated heterocycles. The van der Waals surface area contributed by atoms with Crippen LogP contribution in [0.25, 0.3) is 0 Å². The Labute approximate surface area is 146 Å². The van der Waals surface area contributed by atoms with Crippen LogP contribution in [0, 0.1) is 4.84 Å². The number of aromatic nitrogens is 2. The molecule has 8 heteroatoms. The zero-order valence-corrected chi connectivity index (χ0v) is 14.9. The Morgan fingerprint density at radius 3 is 2.83 bits per heavy atom. The average molecular weight is 365 g/mol. The van der Waals surface area contributed by atoms with Crippen molar-refractivity contribution in [2.75, 3.05) is 18.1 Å². The van der Waals surface area contributed by atoms with Crippen LogP contribution in [0.3, 0.4) is 0 Å². The van der Waals surface area contributed by atoms with E-state index >= 15 is 0 Å². The van der Waals surface area contributed by atoms with Gasteiger partial charge in [-0.1, -0.05) is 24.3 Å². The van der Waals surface area contributed by atoms with E-state index in [-0.39, 0.29) is 17.4 Å². The molecule has 0 radical (unpaired) electrons. The predicted molar refractivity (Wildman–Crippen MR) is 91.9 cm³/mol. The van der Waals surface area contributed by atoms with Crippen LogP contribution in [0.2, 0.25) is 0 Å². The van der Waals surface area contributed by atoms with Crippen LogP contribution in [0.15, 0.2) is 28.7 Å². The van der Waals surface area contributed by atoms with E-state index in [2.05, 4.69) is 34.3 Å². The van der Waals surface area contributed by atoms with E-state index < -0.39 is 9.84 Å². The fourth-order valence-electron chi connectivity index (χ4n) is 3.43. The molecule has 128 valence electrons. The molecule has 1 fully saturated rings. The minimum atomic E-state index is -2.96. The van der Waals surface area contributed by atoms with Gasteiger partial charge in [-0.05, 0) is 36.2 Å². The summed E-state index contributed by atoms with van der Waals surface area (Å²) in [6.07, 6.45) is 1.57. The summed E-state index contributed by atoms with van der Waals surface area (Å²) in [5.41, 5.74) is 2.73. The van der Waals surface area contributed by atoms with Crippen molar-refractivity contribution in [3.05, 3.63) is 46.1 Å². The van der Waals surface area contributed by atoms with Gasteiger partial charge in [0.15, 0.2) is 9.84 Å². The first-order valence-electron chi connectivity index (χ1n) is 8.07. The molecule has 0 bridgehead atoms. The predicted octanol–water partition coefficient (Wildman–Crippen LogP) is 2.12. The molecule has 1 aromatic carbocycles. The fraction of sp³-hybridized carbons (Fsp3) is 0.500. The summed E-state index contributed by atoms with van der Waals surface area (Å²) in [5, 5.41) is 4.45. The van der Waals surface area contributed by atoms with Crippen LogP contribution >= 0.6 is 12.2 Å². The normalized spacial score (nSPS) is 23.2. The lowest BCUT2D eigenvalue weighted by Crippen LogP contribution is -2.32. The maximum Gasteiger partial charge on any atom is 0.288 e. The van der Waals surface area contributed by atoms with E-state index in [1.165, 1.54) is 11.1 Å². The van der Waals surface area contributed by atoms with Gasteiger partial charge in [-0.15, -0.1) is 5.10 Å². The molecule has 0 unspecified atom stereocenters. The second kappa shape index (κ2) is 6.09. The summed E-state index contributed by atoms with van der Waals surface area (Å²) >= 11 is 5.27. The largest absolute Gasteiger partial charge is 0.414 e. The molecule has 3 heterocycles. The first-order valence-corrected chi connectivity index (χ1v) is 10.3. The second-order valence-corrected chi connectivity index (χ2v) is 9.10. The number of hydrogen-bond donors (Lipinski definition) is 0. The maximum absolute atomic E-state index is 11.6. The smallest absolute Gasteiger partial charge is 0.288 e. The van der Waals surface area contributed by atoms with Gasteiger partial charge in [-0.25, -0.2) is 13.1 Å². The lowest BCUT2D eigenvalue weighted by molar-refractivity contribution is 0.186. The van der Waals surface area contributed by atoms with Crippen molar-refractivity contribution < 1.29 is 12.8 Å². The van der Waals surface area contributed by atoms with Gasteiger partial charge in [0.1, 0.15) is 0 Å². The molecule has 6 nitrogen and oxygen atoms in total. The van der Waals surface area contributed by atoms with Crippen LogP contribution in [0.4, 0.5) is 0 Å². The van der Waals surface area contributed by atoms with E-state index in [4.69, 9.17) is 16.6 Å². The summed E-state index contributed by atoms with van der Waals surface area (Å²) in [7, 11) is -2.96. The Kier molecular flexibility index (Phi) is 4.06. The van der Waals surface area contributed by atoms with Crippen molar-refractivity contribution in [1.29, 1.82) is 0 Å². The van der Waals surface area contributed by atoms with Crippen LogP contribution < -0.4 is 0 Å². The molecule has 0 N–H and O–H groups in total. The zero-order valence-electron chi connectivity index (χ0n) is 13.2. The molecule has 0 spiro atoms. The summed E-state index contributed by atoms with van der Waals surface area (Å²) in [5.74, 6) is 0.605. The molecule has 1 aromatic heterocycles. The third-order valence-corrected chi connectivity index (χ3v) is 6.81. The molecule has 0 amide bonds. The number of rotatable bonds is 3. The van der Waals surface area contributed by atoms with Crippen molar-refractivity contribution in [3.8, 4) is 0 Å². The van der Waals surface area contributed by atoms with Gasteiger partial charge in [0, 0.05) is 13.1 Å². The van der Waals surface area contributed by atoms with Crippen molar-refractivity contribution in [2.24, 2.45) is 0 Å². The monoisotopic (exact) mass is 365 g/mol. The summed E-state index contributed by atoms with van der Waals surface area (Å²) < 4.78 is 30.5. The van der Waals surface area contributed by atoms with Gasteiger partial charge in [-0.3, -0.25) is 4.90 Å². The molecule has 1 atom stereocenters. The minimum absolute atomic E-state index is 0.110. The number of benzene rings is 1.